The molecule has 0 aliphatic carbocycles. The van der Waals surface area contributed by atoms with Crippen molar-refractivity contribution in [2.45, 2.75) is 0 Å². The van der Waals surface area contributed by atoms with Crippen molar-refractivity contribution >= 4 is 0 Å². The van der Waals surface area contributed by atoms with Crippen molar-refractivity contribution in [1.82, 2.24) is 0 Å². The third kappa shape index (κ3) is 516. The molecule has 0 saturated heterocycles. The summed E-state index contributed by atoms with van der Waals surface area (Å²) in [4.78, 5) is 0. The van der Waals surface area contributed by atoms with Crippen LogP contribution in [0.15, 0.2) is 38.0 Å². The number of hydrogen-bond acceptors (Lipinski definition) is 1. The summed E-state index contributed by atoms with van der Waals surface area (Å²) in [5.41, 5.74) is 0. The number of allylic oxidation sites excluding steroid dienone is 3. The van der Waals surface area contributed by atoms with Gasteiger partial charge in [0.05, 0.1) is 13.2 Å². The molecule has 0 aromatic heterocycles. The quantitative estimate of drug-likeness (QED) is 0.407. The van der Waals surface area contributed by atoms with E-state index in [9.17, 15) is 4.39 Å². The Balaban J connectivity index is -0.0000000787. The number of halogens is 1. The van der Waals surface area contributed by atoms with Crippen molar-refractivity contribution in [3.8, 4) is 6.07 Å². The molecule has 0 saturated carbocycles. The SMILES string of the molecule is C=CC#N.C=CC=C.CF. The average molecular weight is 141 g/mol. The summed E-state index contributed by atoms with van der Waals surface area (Å²) in [6.45, 7) is 9.84. The van der Waals surface area contributed by atoms with E-state index < -0.39 is 0 Å². The van der Waals surface area contributed by atoms with Gasteiger partial charge in [0.2, 0.25) is 0 Å². The highest BCUT2D eigenvalue weighted by Gasteiger charge is 1.34. The number of hydrogen-bond donors (Lipinski definition) is 0. The Hall–Kier alpha value is -1.36. The molecule has 0 N–H and O–H groups in total. The van der Waals surface area contributed by atoms with Gasteiger partial charge in [-0.25, -0.2) is 0 Å². The first-order valence-electron chi connectivity index (χ1n) is 2.45. The van der Waals surface area contributed by atoms with E-state index in [2.05, 4.69) is 19.7 Å². The first-order valence-corrected chi connectivity index (χ1v) is 2.45. The standard InChI is InChI=1S/C4H6.C3H3N.CH3F/c1-3-4-2;1-2-3-4;1-2/h3-4H,1-2H2;2H,1H2;1H3. The molecule has 0 aliphatic rings. The molecule has 56 valence electrons. The number of rotatable bonds is 1. The highest BCUT2D eigenvalue weighted by atomic mass is 19.1. The lowest BCUT2D eigenvalue weighted by atomic mass is 10.6. The van der Waals surface area contributed by atoms with Gasteiger partial charge in [-0.05, 0) is 0 Å². The van der Waals surface area contributed by atoms with E-state index in [1.807, 2.05) is 0 Å². The fraction of sp³-hybridized carbons (Fsp3) is 0.125. The van der Waals surface area contributed by atoms with E-state index in [0.29, 0.717) is 7.18 Å². The normalized spacial score (nSPS) is 4.10. The van der Waals surface area contributed by atoms with Crippen LogP contribution in [0, 0.1) is 11.3 Å². The van der Waals surface area contributed by atoms with Gasteiger partial charge in [-0.1, -0.05) is 31.9 Å². The Labute approximate surface area is 61.8 Å². The topological polar surface area (TPSA) is 23.8 Å². The molecule has 0 rings (SSSR count). The molecular weight excluding hydrogens is 129 g/mol. The monoisotopic (exact) mass is 141 g/mol. The maximum Gasteiger partial charge on any atom is 0.0905 e. The molecule has 0 atom stereocenters. The molecule has 1 nitrogen and oxygen atoms in total. The lowest BCUT2D eigenvalue weighted by Gasteiger charge is -1.44. The van der Waals surface area contributed by atoms with Gasteiger partial charge in [0.25, 0.3) is 0 Å². The van der Waals surface area contributed by atoms with Crippen molar-refractivity contribution in [1.29, 1.82) is 5.26 Å². The summed E-state index contributed by atoms with van der Waals surface area (Å²) in [5, 5.41) is 7.51. The van der Waals surface area contributed by atoms with Crippen LogP contribution in [-0.4, -0.2) is 7.18 Å². The van der Waals surface area contributed by atoms with Crippen LogP contribution in [0.4, 0.5) is 4.39 Å². The average Bonchev–Trinajstić information content (AvgIpc) is 2.08. The lowest BCUT2D eigenvalue weighted by molar-refractivity contribution is 0.636. The second-order valence-corrected chi connectivity index (χ2v) is 0.805. The molecular formula is C8H12FN. The fourth-order valence-corrected chi connectivity index (χ4v) is 0. The minimum atomic E-state index is 0.500. The van der Waals surface area contributed by atoms with E-state index in [1.165, 1.54) is 6.08 Å². The summed E-state index contributed by atoms with van der Waals surface area (Å²) in [5.74, 6) is 0. The zero-order chi connectivity index (χ0) is 8.83. The zero-order valence-electron chi connectivity index (χ0n) is 6.18. The van der Waals surface area contributed by atoms with Crippen LogP contribution in [0.25, 0.3) is 0 Å². The molecule has 10 heavy (non-hydrogen) atoms. The van der Waals surface area contributed by atoms with E-state index >= 15 is 0 Å². The Bertz CT molecular complexity index is 105. The van der Waals surface area contributed by atoms with Gasteiger partial charge in [0, 0.05) is 6.08 Å². The second kappa shape index (κ2) is 48.3. The van der Waals surface area contributed by atoms with E-state index in [0.717, 1.165) is 0 Å². The minimum absolute atomic E-state index is 0.500. The summed E-state index contributed by atoms with van der Waals surface area (Å²) in [6.07, 6.45) is 4.46. The van der Waals surface area contributed by atoms with Gasteiger partial charge in [-0.2, -0.15) is 5.26 Å². The van der Waals surface area contributed by atoms with Crippen molar-refractivity contribution in [2.75, 3.05) is 7.18 Å². The van der Waals surface area contributed by atoms with Gasteiger partial charge in [-0.3, -0.25) is 4.39 Å². The molecule has 0 fully saturated rings. The Morgan fingerprint density at radius 1 is 1.20 bits per heavy atom. The minimum Gasteiger partial charge on any atom is -0.255 e. The molecule has 0 amide bonds. The smallest absolute Gasteiger partial charge is 0.0905 e. The highest BCUT2D eigenvalue weighted by molar-refractivity contribution is 4.93. The van der Waals surface area contributed by atoms with Crippen LogP contribution in [0.5, 0.6) is 0 Å². The van der Waals surface area contributed by atoms with Crippen molar-refractivity contribution in [3.63, 3.8) is 0 Å². The summed E-state index contributed by atoms with van der Waals surface area (Å²) in [6, 6.07) is 1.69. The van der Waals surface area contributed by atoms with Gasteiger partial charge in [-0.15, -0.1) is 0 Å². The number of nitrogens with zero attached hydrogens (tertiary/aromatic N) is 1. The second-order valence-electron chi connectivity index (χ2n) is 0.805. The highest BCUT2D eigenvalue weighted by Crippen LogP contribution is 1.52. The van der Waals surface area contributed by atoms with Crippen molar-refractivity contribution in [2.24, 2.45) is 0 Å². The van der Waals surface area contributed by atoms with Crippen LogP contribution in [0.3, 0.4) is 0 Å². The van der Waals surface area contributed by atoms with Gasteiger partial charge in [0.1, 0.15) is 0 Å². The first kappa shape index (κ1) is 15.9. The molecule has 0 unspecified atom stereocenters. The molecule has 0 spiro atoms. The van der Waals surface area contributed by atoms with Gasteiger partial charge in [0.15, 0.2) is 0 Å². The Morgan fingerprint density at radius 2 is 1.40 bits per heavy atom. The van der Waals surface area contributed by atoms with Crippen LogP contribution in [0.1, 0.15) is 0 Å². The number of alkyl halides is 1. The third-order valence-electron chi connectivity index (χ3n) is 0.258. The van der Waals surface area contributed by atoms with Crippen LogP contribution in [-0.2, 0) is 0 Å². The van der Waals surface area contributed by atoms with E-state index in [4.69, 9.17) is 5.26 Å². The van der Waals surface area contributed by atoms with Crippen molar-refractivity contribution < 1.29 is 4.39 Å². The predicted octanol–water partition coefficient (Wildman–Crippen LogP) is 2.64. The van der Waals surface area contributed by atoms with Crippen LogP contribution >= 0.6 is 0 Å². The summed E-state index contributed by atoms with van der Waals surface area (Å²) < 4.78 is 9.50. The maximum atomic E-state index is 9.50. The van der Waals surface area contributed by atoms with Gasteiger partial charge < -0.3 is 0 Å². The van der Waals surface area contributed by atoms with Crippen molar-refractivity contribution in [3.05, 3.63) is 38.0 Å². The lowest BCUT2D eigenvalue weighted by Crippen LogP contribution is -1.23. The maximum absolute atomic E-state index is 9.50. The Kier molecular flexibility index (Phi) is 76.6. The van der Waals surface area contributed by atoms with Crippen LogP contribution in [0.2, 0.25) is 0 Å². The zero-order valence-corrected chi connectivity index (χ0v) is 6.18. The first-order chi connectivity index (χ1) is 4.83. The molecule has 0 bridgehead atoms. The molecule has 0 aliphatic heterocycles. The molecule has 0 aromatic carbocycles. The summed E-state index contributed by atoms with van der Waals surface area (Å²) >= 11 is 0. The van der Waals surface area contributed by atoms with E-state index in [-0.39, 0.29) is 0 Å². The largest absolute Gasteiger partial charge is 0.255 e. The van der Waals surface area contributed by atoms with Gasteiger partial charge >= 0.3 is 0 Å². The predicted molar refractivity (Wildman–Crippen MR) is 43.2 cm³/mol. The summed E-state index contributed by atoms with van der Waals surface area (Å²) in [7, 11) is 0.500. The fourth-order valence-electron chi connectivity index (χ4n) is 0. The molecule has 0 aromatic rings. The van der Waals surface area contributed by atoms with E-state index in [1.54, 1.807) is 18.2 Å². The Morgan fingerprint density at radius 3 is 1.40 bits per heavy atom. The molecule has 0 heterocycles. The number of nitriles is 1. The molecule has 2 heteroatoms. The third-order valence-corrected chi connectivity index (χ3v) is 0.258. The van der Waals surface area contributed by atoms with Crippen LogP contribution < -0.4 is 0 Å². The molecule has 0 radical (unpaired) electrons.